The number of fused-ring (bicyclic) bond motifs is 1. The monoisotopic (exact) mass is 496 g/mol. The summed E-state index contributed by atoms with van der Waals surface area (Å²) in [7, 11) is -3.98. The molecule has 1 aromatic heterocycles. The van der Waals surface area contributed by atoms with Gasteiger partial charge in [0.15, 0.2) is 26.4 Å². The summed E-state index contributed by atoms with van der Waals surface area (Å²) >= 11 is 1.07. The lowest BCUT2D eigenvalue weighted by Crippen LogP contribution is -2.46. The predicted molar refractivity (Wildman–Crippen MR) is 118 cm³/mol. The Morgan fingerprint density at radius 2 is 2.15 bits per heavy atom. The Labute approximate surface area is 192 Å². The van der Waals surface area contributed by atoms with Crippen LogP contribution in [0, 0.1) is 0 Å². The van der Waals surface area contributed by atoms with Gasteiger partial charge in [0.25, 0.3) is 11.8 Å². The number of hydrogen-bond acceptors (Lipinski definition) is 11. The normalized spacial score (nSPS) is 18.9. The third kappa shape index (κ3) is 4.79. The van der Waals surface area contributed by atoms with Crippen molar-refractivity contribution in [2.24, 2.45) is 5.16 Å². The molecule has 0 aliphatic carbocycles. The van der Waals surface area contributed by atoms with Crippen LogP contribution in [-0.4, -0.2) is 83.5 Å². The van der Waals surface area contributed by atoms with E-state index in [4.69, 9.17) is 10.6 Å². The molecule has 0 radical (unpaired) electrons. The number of sulfone groups is 1. The second-order valence-corrected chi connectivity index (χ2v) is 9.71. The predicted octanol–water partition coefficient (Wildman–Crippen LogP) is -0.913. The molecule has 1 saturated heterocycles. The second kappa shape index (κ2) is 9.51. The zero-order valence-electron chi connectivity index (χ0n) is 17.1. The zero-order valence-corrected chi connectivity index (χ0v) is 18.8. The third-order valence-electron chi connectivity index (χ3n) is 4.53. The number of carbonyl (C=O) groups excluding carboxylic acids is 2. The van der Waals surface area contributed by atoms with E-state index in [1.54, 1.807) is 0 Å². The van der Waals surface area contributed by atoms with Gasteiger partial charge in [-0.15, -0.1) is 17.9 Å². The lowest BCUT2D eigenvalue weighted by atomic mass is 10.2. The van der Waals surface area contributed by atoms with E-state index in [9.17, 15) is 27.9 Å². The minimum absolute atomic E-state index is 0.00897. The van der Waals surface area contributed by atoms with Gasteiger partial charge in [-0.05, 0) is 0 Å². The number of nitrogens with one attached hydrogen (secondary N) is 1. The zero-order chi connectivity index (χ0) is 24.3. The molecular formula is C18H20N6O7S2. The van der Waals surface area contributed by atoms with E-state index < -0.39 is 50.0 Å². The quantitative estimate of drug-likeness (QED) is 0.158. The van der Waals surface area contributed by atoms with E-state index >= 15 is 0 Å². The van der Waals surface area contributed by atoms with Crippen LogP contribution in [-0.2, 0) is 29.1 Å². The van der Waals surface area contributed by atoms with Gasteiger partial charge in [0.1, 0.15) is 18.3 Å². The summed E-state index contributed by atoms with van der Waals surface area (Å²) in [6, 6.07) is -1.17. The van der Waals surface area contributed by atoms with Crippen molar-refractivity contribution in [1.29, 1.82) is 0 Å². The smallest absolute Gasteiger partial charge is 0.355 e. The van der Waals surface area contributed by atoms with Crippen LogP contribution in [0.3, 0.4) is 0 Å². The van der Waals surface area contributed by atoms with Gasteiger partial charge in [0, 0.05) is 11.9 Å². The van der Waals surface area contributed by atoms with Crippen molar-refractivity contribution in [2.75, 3.05) is 31.2 Å². The number of aromatic nitrogens is 1. The van der Waals surface area contributed by atoms with Gasteiger partial charge in [0.05, 0.1) is 17.2 Å². The van der Waals surface area contributed by atoms with Crippen molar-refractivity contribution >= 4 is 49.8 Å². The number of amides is 2. The fourth-order valence-corrected chi connectivity index (χ4v) is 5.08. The standard InChI is InChI=1S/C18H20N6O7S2/c1-3-5-31-22-13(11-9-32-18(19)21-11)15(25)20-10-7-23-8-12(33(29,30)6-4-2)14(17(27)28)24(23)16(10)26/h3-4,9-10H,1-2,5-8H2,(H2,19,21)(H,20,25)(H,27,28)/b22-13+/t10-/m0/s1. The first-order valence-electron chi connectivity index (χ1n) is 9.32. The van der Waals surface area contributed by atoms with Crippen molar-refractivity contribution in [3.8, 4) is 0 Å². The van der Waals surface area contributed by atoms with Gasteiger partial charge >= 0.3 is 5.97 Å². The Hall–Kier alpha value is -3.56. The number of aliphatic carboxylic acids is 1. The van der Waals surface area contributed by atoms with E-state index in [1.165, 1.54) is 16.5 Å². The number of nitrogens with zero attached hydrogens (tertiary/aromatic N) is 4. The molecule has 0 unspecified atom stereocenters. The molecule has 3 rings (SSSR count). The third-order valence-corrected chi connectivity index (χ3v) is 6.96. The van der Waals surface area contributed by atoms with Gasteiger partial charge in [0.2, 0.25) is 0 Å². The fourth-order valence-electron chi connectivity index (χ4n) is 3.20. The van der Waals surface area contributed by atoms with Gasteiger partial charge in [-0.1, -0.05) is 23.9 Å². The van der Waals surface area contributed by atoms with E-state index in [0.29, 0.717) is 0 Å². The van der Waals surface area contributed by atoms with Crippen LogP contribution in [0.25, 0.3) is 0 Å². The molecule has 0 saturated carbocycles. The molecule has 176 valence electrons. The number of hydrogen-bond donors (Lipinski definition) is 3. The SMILES string of the molecule is C=CCO/N=C(/C(=O)N[C@H]1CN2CC(S(=O)(=O)CC=C)=C(C(=O)O)N2C1=O)c1csc(N)n1. The molecule has 13 nitrogen and oxygen atoms in total. The van der Waals surface area contributed by atoms with Crippen LogP contribution >= 0.6 is 11.3 Å². The molecule has 2 aliphatic heterocycles. The molecule has 1 atom stereocenters. The van der Waals surface area contributed by atoms with Gasteiger partial charge < -0.3 is 21.0 Å². The highest BCUT2D eigenvalue weighted by Crippen LogP contribution is 2.32. The number of carboxylic acids is 1. The average molecular weight is 497 g/mol. The Kier molecular flexibility index (Phi) is 6.95. The van der Waals surface area contributed by atoms with Crippen LogP contribution in [0.2, 0.25) is 0 Å². The Bertz CT molecular complexity index is 1190. The van der Waals surface area contributed by atoms with E-state index in [2.05, 4.69) is 28.6 Å². The first kappa shape index (κ1) is 24.1. The summed E-state index contributed by atoms with van der Waals surface area (Å²) in [6.45, 7) is 6.35. The summed E-state index contributed by atoms with van der Waals surface area (Å²) in [5.41, 5.74) is 4.81. The maximum atomic E-state index is 12.9. The fraction of sp³-hybridized carbons (Fsp3) is 0.278. The minimum atomic E-state index is -3.98. The number of carbonyl (C=O) groups is 3. The first-order chi connectivity index (χ1) is 15.6. The number of oxime groups is 1. The van der Waals surface area contributed by atoms with Crippen LogP contribution in [0.15, 0.2) is 46.4 Å². The molecule has 0 aromatic carbocycles. The Balaban J connectivity index is 1.85. The summed E-state index contributed by atoms with van der Waals surface area (Å²) in [4.78, 5) is 46.2. The largest absolute Gasteiger partial charge is 0.476 e. The molecule has 3 heterocycles. The van der Waals surface area contributed by atoms with Crippen molar-refractivity contribution in [1.82, 2.24) is 20.3 Å². The second-order valence-electron chi connectivity index (χ2n) is 6.77. The van der Waals surface area contributed by atoms with Crippen molar-refractivity contribution in [3.63, 3.8) is 0 Å². The molecule has 2 aliphatic rings. The van der Waals surface area contributed by atoms with Gasteiger partial charge in [-0.3, -0.25) is 9.59 Å². The lowest BCUT2D eigenvalue weighted by molar-refractivity contribution is -0.143. The number of rotatable bonds is 10. The van der Waals surface area contributed by atoms with Crippen LogP contribution in [0.5, 0.6) is 0 Å². The molecule has 33 heavy (non-hydrogen) atoms. The van der Waals surface area contributed by atoms with Crippen molar-refractivity contribution in [3.05, 3.63) is 47.0 Å². The summed E-state index contributed by atoms with van der Waals surface area (Å²) in [5, 5.41) is 19.4. The number of anilines is 1. The summed E-state index contributed by atoms with van der Waals surface area (Å²) in [5.74, 6) is -3.69. The molecular weight excluding hydrogens is 476 g/mol. The average Bonchev–Trinajstić information content (AvgIpc) is 3.41. The van der Waals surface area contributed by atoms with Crippen LogP contribution in [0.4, 0.5) is 5.13 Å². The minimum Gasteiger partial charge on any atom is -0.476 e. The van der Waals surface area contributed by atoms with E-state index in [1.807, 2.05) is 0 Å². The Morgan fingerprint density at radius 1 is 1.42 bits per heavy atom. The number of carboxylic acid groups (broad SMARTS) is 1. The molecule has 15 heteroatoms. The maximum Gasteiger partial charge on any atom is 0.355 e. The maximum absolute atomic E-state index is 12.9. The molecule has 4 N–H and O–H groups in total. The highest BCUT2D eigenvalue weighted by Gasteiger charge is 2.50. The van der Waals surface area contributed by atoms with Crippen LogP contribution in [0.1, 0.15) is 5.69 Å². The van der Waals surface area contributed by atoms with E-state index in [-0.39, 0.29) is 36.2 Å². The lowest BCUT2D eigenvalue weighted by Gasteiger charge is -2.18. The molecule has 2 amide bonds. The number of thiazole rings is 1. The van der Waals surface area contributed by atoms with Gasteiger partial charge in [-0.2, -0.15) is 0 Å². The molecule has 1 aromatic rings. The molecule has 0 spiro atoms. The Morgan fingerprint density at radius 3 is 2.73 bits per heavy atom. The first-order valence-corrected chi connectivity index (χ1v) is 11.9. The van der Waals surface area contributed by atoms with Gasteiger partial charge in [-0.25, -0.2) is 28.2 Å². The number of nitrogen functional groups attached to an aromatic ring is 1. The topological polar surface area (TPSA) is 185 Å². The summed E-state index contributed by atoms with van der Waals surface area (Å²) in [6.07, 6.45) is 2.54. The molecule has 0 bridgehead atoms. The summed E-state index contributed by atoms with van der Waals surface area (Å²) < 4.78 is 24.9. The number of hydrazine groups is 1. The highest BCUT2D eigenvalue weighted by atomic mass is 32.2. The van der Waals surface area contributed by atoms with Crippen molar-refractivity contribution < 1.29 is 32.7 Å². The van der Waals surface area contributed by atoms with Crippen LogP contribution < -0.4 is 11.1 Å². The molecule has 1 fully saturated rings. The van der Waals surface area contributed by atoms with E-state index in [0.717, 1.165) is 22.4 Å². The van der Waals surface area contributed by atoms with Crippen molar-refractivity contribution in [2.45, 2.75) is 6.04 Å². The highest BCUT2D eigenvalue weighted by molar-refractivity contribution is 7.95. The number of nitrogens with two attached hydrogens (primary N) is 1.